The normalized spacial score (nSPS) is 10.2. The molecule has 0 unspecified atom stereocenters. The van der Waals surface area contributed by atoms with Gasteiger partial charge in [0.2, 0.25) is 0 Å². The highest BCUT2D eigenvalue weighted by Gasteiger charge is 2.03. The van der Waals surface area contributed by atoms with Gasteiger partial charge in [0.25, 0.3) is 0 Å². The molecule has 106 valence electrons. The number of aryl methyl sites for hydroxylation is 2. The summed E-state index contributed by atoms with van der Waals surface area (Å²) in [6.07, 6.45) is 0. The Balaban J connectivity index is 1.94. The molecule has 4 nitrogen and oxygen atoms in total. The second-order valence-corrected chi connectivity index (χ2v) is 6.03. The second kappa shape index (κ2) is 6.43. The van der Waals surface area contributed by atoms with Crippen molar-refractivity contribution in [2.24, 2.45) is 0 Å². The van der Waals surface area contributed by atoms with Crippen molar-refractivity contribution in [3.63, 3.8) is 0 Å². The largest absolute Gasteiger partial charge is 0.381 e. The topological polar surface area (TPSA) is 53.2 Å². The number of nitrogens with one attached hydrogen (secondary N) is 3. The van der Waals surface area contributed by atoms with E-state index in [1.165, 1.54) is 15.3 Å². The number of hydrogen-bond donors (Lipinski definition) is 3. The maximum atomic E-state index is 11.2. The van der Waals surface area contributed by atoms with Crippen LogP contribution in [0.5, 0.6) is 0 Å². The van der Waals surface area contributed by atoms with E-state index in [1.807, 2.05) is 35.6 Å². The van der Waals surface area contributed by atoms with Crippen LogP contribution in [0.4, 0.5) is 16.2 Å². The highest BCUT2D eigenvalue weighted by molar-refractivity contribution is 7.12. The van der Waals surface area contributed by atoms with Gasteiger partial charge in [0.15, 0.2) is 0 Å². The summed E-state index contributed by atoms with van der Waals surface area (Å²) < 4.78 is 0. The Morgan fingerprint density at radius 1 is 1.15 bits per heavy atom. The van der Waals surface area contributed by atoms with Crippen molar-refractivity contribution in [2.45, 2.75) is 20.4 Å². The first kappa shape index (κ1) is 14.4. The highest BCUT2D eigenvalue weighted by Crippen LogP contribution is 2.22. The number of carbonyl (C=O) groups is 1. The summed E-state index contributed by atoms with van der Waals surface area (Å²) in [5.74, 6) is 0. The Labute approximate surface area is 123 Å². The predicted octanol–water partition coefficient (Wildman–Crippen LogP) is 3.73. The molecule has 2 rings (SSSR count). The number of urea groups is 1. The third kappa shape index (κ3) is 3.74. The molecule has 1 aromatic carbocycles. The highest BCUT2D eigenvalue weighted by atomic mass is 32.1. The number of thiophene rings is 1. The van der Waals surface area contributed by atoms with Crippen molar-refractivity contribution in [3.8, 4) is 0 Å². The van der Waals surface area contributed by atoms with Crippen LogP contribution in [0.15, 0.2) is 30.3 Å². The Morgan fingerprint density at radius 3 is 2.35 bits per heavy atom. The fourth-order valence-corrected chi connectivity index (χ4v) is 2.87. The van der Waals surface area contributed by atoms with Gasteiger partial charge in [0, 0.05) is 34.7 Å². The number of hydrogen-bond acceptors (Lipinski definition) is 3. The molecule has 0 aliphatic carbocycles. The molecule has 0 atom stereocenters. The summed E-state index contributed by atoms with van der Waals surface area (Å²) in [5, 5.41) is 8.64. The minimum absolute atomic E-state index is 0.213. The molecule has 0 saturated carbocycles. The molecule has 0 radical (unpaired) electrons. The van der Waals surface area contributed by atoms with E-state index in [0.717, 1.165) is 17.9 Å². The van der Waals surface area contributed by atoms with Crippen molar-refractivity contribution >= 4 is 28.7 Å². The molecule has 0 fully saturated rings. The van der Waals surface area contributed by atoms with Gasteiger partial charge in [0.05, 0.1) is 0 Å². The van der Waals surface area contributed by atoms with E-state index >= 15 is 0 Å². The molecule has 0 spiro atoms. The van der Waals surface area contributed by atoms with Crippen molar-refractivity contribution in [3.05, 3.63) is 45.6 Å². The van der Waals surface area contributed by atoms with Gasteiger partial charge in [-0.15, -0.1) is 11.3 Å². The molecule has 0 aliphatic heterocycles. The van der Waals surface area contributed by atoms with Gasteiger partial charge in [-0.3, -0.25) is 0 Å². The molecular formula is C15H19N3OS. The fourth-order valence-electron chi connectivity index (χ4n) is 1.92. The minimum Gasteiger partial charge on any atom is -0.381 e. The van der Waals surface area contributed by atoms with Crippen LogP contribution in [-0.2, 0) is 6.54 Å². The molecule has 0 aliphatic rings. The Morgan fingerprint density at radius 2 is 1.80 bits per heavy atom. The summed E-state index contributed by atoms with van der Waals surface area (Å²) in [6, 6.07) is 9.68. The molecule has 1 heterocycles. The van der Waals surface area contributed by atoms with Crippen LogP contribution < -0.4 is 16.0 Å². The maximum Gasteiger partial charge on any atom is 0.318 e. The molecule has 5 heteroatoms. The number of amides is 2. The molecule has 1 aromatic heterocycles. The Bertz CT molecular complexity index is 590. The first-order chi connectivity index (χ1) is 9.58. The van der Waals surface area contributed by atoms with Gasteiger partial charge in [-0.1, -0.05) is 0 Å². The second-order valence-electron chi connectivity index (χ2n) is 4.57. The quantitative estimate of drug-likeness (QED) is 0.803. The van der Waals surface area contributed by atoms with Crippen LogP contribution in [0.2, 0.25) is 0 Å². The molecule has 2 aromatic rings. The zero-order valence-corrected chi connectivity index (χ0v) is 12.7. The van der Waals surface area contributed by atoms with E-state index in [9.17, 15) is 4.79 Å². The lowest BCUT2D eigenvalue weighted by Crippen LogP contribution is -2.24. The number of carbonyl (C=O) groups excluding carboxylic acids is 1. The molecule has 3 N–H and O–H groups in total. The average molecular weight is 289 g/mol. The number of anilines is 2. The van der Waals surface area contributed by atoms with Gasteiger partial charge < -0.3 is 16.0 Å². The third-order valence-electron chi connectivity index (χ3n) is 3.00. The molecular weight excluding hydrogens is 270 g/mol. The van der Waals surface area contributed by atoms with Crippen LogP contribution >= 0.6 is 11.3 Å². The minimum atomic E-state index is -0.213. The lowest BCUT2D eigenvalue weighted by atomic mass is 10.2. The standard InChI is InChI=1S/C15H19N3OS/c1-10-8-12(11(2)20-10)9-17-13-4-6-14(7-5-13)18-15(19)16-3/h4-8,17H,9H2,1-3H3,(H2,16,18,19). The summed E-state index contributed by atoms with van der Waals surface area (Å²) in [6.45, 7) is 5.09. The zero-order chi connectivity index (χ0) is 14.5. The van der Waals surface area contributed by atoms with Gasteiger partial charge >= 0.3 is 6.03 Å². The van der Waals surface area contributed by atoms with Crippen LogP contribution in [0.3, 0.4) is 0 Å². The van der Waals surface area contributed by atoms with Gasteiger partial charge in [-0.2, -0.15) is 0 Å². The molecule has 0 bridgehead atoms. The van der Waals surface area contributed by atoms with Crippen molar-refractivity contribution in [2.75, 3.05) is 17.7 Å². The van der Waals surface area contributed by atoms with Gasteiger partial charge in [-0.05, 0) is 49.7 Å². The van der Waals surface area contributed by atoms with Crippen LogP contribution in [0.25, 0.3) is 0 Å². The zero-order valence-electron chi connectivity index (χ0n) is 11.9. The SMILES string of the molecule is CNC(=O)Nc1ccc(NCc2cc(C)sc2C)cc1. The van der Waals surface area contributed by atoms with Crippen molar-refractivity contribution in [1.82, 2.24) is 5.32 Å². The summed E-state index contributed by atoms with van der Waals surface area (Å²) in [5.41, 5.74) is 3.15. The van der Waals surface area contributed by atoms with E-state index in [4.69, 9.17) is 0 Å². The fraction of sp³-hybridized carbons (Fsp3) is 0.267. The molecule has 0 saturated heterocycles. The maximum absolute atomic E-state index is 11.2. The predicted molar refractivity (Wildman–Crippen MR) is 85.6 cm³/mol. The first-order valence-electron chi connectivity index (χ1n) is 6.47. The van der Waals surface area contributed by atoms with Crippen LogP contribution in [0.1, 0.15) is 15.3 Å². The van der Waals surface area contributed by atoms with Crippen molar-refractivity contribution < 1.29 is 4.79 Å². The lowest BCUT2D eigenvalue weighted by molar-refractivity contribution is 0.254. The van der Waals surface area contributed by atoms with Crippen molar-refractivity contribution in [1.29, 1.82) is 0 Å². The first-order valence-corrected chi connectivity index (χ1v) is 7.28. The Hall–Kier alpha value is -2.01. The number of benzene rings is 1. The molecule has 2 amide bonds. The summed E-state index contributed by atoms with van der Waals surface area (Å²) in [4.78, 5) is 13.9. The van der Waals surface area contributed by atoms with E-state index in [-0.39, 0.29) is 6.03 Å². The number of rotatable bonds is 4. The molecule has 20 heavy (non-hydrogen) atoms. The van der Waals surface area contributed by atoms with E-state index < -0.39 is 0 Å². The van der Waals surface area contributed by atoms with E-state index in [2.05, 4.69) is 35.9 Å². The summed E-state index contributed by atoms with van der Waals surface area (Å²) in [7, 11) is 1.59. The van der Waals surface area contributed by atoms with Gasteiger partial charge in [0.1, 0.15) is 0 Å². The monoisotopic (exact) mass is 289 g/mol. The van der Waals surface area contributed by atoms with E-state index in [1.54, 1.807) is 7.05 Å². The average Bonchev–Trinajstić information content (AvgIpc) is 2.76. The Kier molecular flexibility index (Phi) is 4.63. The van der Waals surface area contributed by atoms with E-state index in [0.29, 0.717) is 0 Å². The lowest BCUT2D eigenvalue weighted by Gasteiger charge is -2.08. The van der Waals surface area contributed by atoms with Gasteiger partial charge in [-0.25, -0.2) is 4.79 Å². The third-order valence-corrected chi connectivity index (χ3v) is 4.00. The van der Waals surface area contributed by atoms with Crippen LogP contribution in [0, 0.1) is 13.8 Å². The smallest absolute Gasteiger partial charge is 0.318 e. The van der Waals surface area contributed by atoms with Crippen LogP contribution in [-0.4, -0.2) is 13.1 Å². The summed E-state index contributed by atoms with van der Waals surface area (Å²) >= 11 is 1.82.